The smallest absolute Gasteiger partial charge is 0.337 e. The lowest BCUT2D eigenvalue weighted by Gasteiger charge is -2.13. The molecule has 3 aromatic rings. The lowest BCUT2D eigenvalue weighted by atomic mass is 10.1. The number of nitrogen functional groups attached to an aromatic ring is 1. The number of carbonyl (C=O) groups is 3. The Hall–Kier alpha value is -4.64. The van der Waals surface area contributed by atoms with E-state index in [1.807, 2.05) is 0 Å². The van der Waals surface area contributed by atoms with Crippen LogP contribution in [0.4, 0.5) is 26.2 Å². The molecule has 0 unspecified atom stereocenters. The van der Waals surface area contributed by atoms with Gasteiger partial charge in [0.25, 0.3) is 0 Å². The molecule has 0 saturated heterocycles. The van der Waals surface area contributed by atoms with Crippen molar-refractivity contribution in [3.05, 3.63) is 77.6 Å². The number of rotatable bonds is 12. The van der Waals surface area contributed by atoms with Crippen molar-refractivity contribution in [1.29, 1.82) is 0 Å². The first-order valence-corrected chi connectivity index (χ1v) is 11.6. The molecule has 0 heterocycles. The SMILES string of the molecule is COC(=O)c1ccc(OCCNCC(=O)Cc2ccc(NC(=O)Nc3ccccc3F)c(OC)c2)c(N)c1. The largest absolute Gasteiger partial charge is 0.495 e. The maximum atomic E-state index is 13.8. The molecule has 0 saturated carbocycles. The number of amides is 2. The van der Waals surface area contributed by atoms with E-state index in [0.717, 1.165) is 0 Å². The molecule has 5 N–H and O–H groups in total. The summed E-state index contributed by atoms with van der Waals surface area (Å²) in [6.07, 6.45) is 0.147. The molecular weight excluding hydrogens is 495 g/mol. The number of anilines is 3. The number of ether oxygens (including phenoxy) is 3. The Kier molecular flexibility index (Phi) is 10.0. The van der Waals surface area contributed by atoms with Crippen molar-refractivity contribution in [2.45, 2.75) is 6.42 Å². The van der Waals surface area contributed by atoms with Gasteiger partial charge in [-0.05, 0) is 48.0 Å². The molecule has 11 heteroatoms. The van der Waals surface area contributed by atoms with Crippen molar-refractivity contribution < 1.29 is 33.0 Å². The van der Waals surface area contributed by atoms with Crippen LogP contribution in [0.1, 0.15) is 15.9 Å². The van der Waals surface area contributed by atoms with E-state index in [1.54, 1.807) is 36.4 Å². The van der Waals surface area contributed by atoms with Gasteiger partial charge in [-0.15, -0.1) is 0 Å². The van der Waals surface area contributed by atoms with Gasteiger partial charge < -0.3 is 35.9 Å². The number of methoxy groups -OCH3 is 2. The number of hydrogen-bond donors (Lipinski definition) is 4. The van der Waals surface area contributed by atoms with Crippen molar-refractivity contribution in [3.8, 4) is 11.5 Å². The Morgan fingerprint density at radius 3 is 2.39 bits per heavy atom. The van der Waals surface area contributed by atoms with E-state index < -0.39 is 17.8 Å². The van der Waals surface area contributed by atoms with E-state index in [2.05, 4.69) is 20.7 Å². The van der Waals surface area contributed by atoms with Crippen LogP contribution in [0.25, 0.3) is 0 Å². The summed E-state index contributed by atoms with van der Waals surface area (Å²) in [6.45, 7) is 0.777. The highest BCUT2D eigenvalue weighted by molar-refractivity contribution is 6.00. The third-order valence-corrected chi connectivity index (χ3v) is 5.33. The fraction of sp³-hybridized carbons (Fsp3) is 0.222. The predicted molar refractivity (Wildman–Crippen MR) is 141 cm³/mol. The highest BCUT2D eigenvalue weighted by Crippen LogP contribution is 2.26. The Balaban J connectivity index is 1.44. The van der Waals surface area contributed by atoms with E-state index in [9.17, 15) is 18.8 Å². The summed E-state index contributed by atoms with van der Waals surface area (Å²) in [4.78, 5) is 36.2. The molecule has 0 aliphatic heterocycles. The van der Waals surface area contributed by atoms with E-state index in [4.69, 9.17) is 15.2 Å². The maximum Gasteiger partial charge on any atom is 0.337 e. The van der Waals surface area contributed by atoms with Crippen LogP contribution in [-0.2, 0) is 16.0 Å². The van der Waals surface area contributed by atoms with Gasteiger partial charge in [-0.3, -0.25) is 4.79 Å². The fourth-order valence-corrected chi connectivity index (χ4v) is 3.46. The van der Waals surface area contributed by atoms with Crippen molar-refractivity contribution in [3.63, 3.8) is 0 Å². The molecule has 0 spiro atoms. The van der Waals surface area contributed by atoms with Gasteiger partial charge in [-0.1, -0.05) is 18.2 Å². The average Bonchev–Trinajstić information content (AvgIpc) is 2.90. The minimum atomic E-state index is -0.634. The number of halogens is 1. The van der Waals surface area contributed by atoms with Crippen molar-refractivity contribution >= 4 is 34.8 Å². The van der Waals surface area contributed by atoms with E-state index in [0.29, 0.717) is 40.5 Å². The van der Waals surface area contributed by atoms with Gasteiger partial charge in [0.05, 0.1) is 43.4 Å². The normalized spacial score (nSPS) is 10.4. The Labute approximate surface area is 219 Å². The molecule has 38 heavy (non-hydrogen) atoms. The zero-order valence-corrected chi connectivity index (χ0v) is 21.0. The first-order valence-electron chi connectivity index (χ1n) is 11.6. The van der Waals surface area contributed by atoms with Crippen LogP contribution in [0.2, 0.25) is 0 Å². The number of hydrogen-bond acceptors (Lipinski definition) is 8. The third kappa shape index (κ3) is 7.93. The van der Waals surface area contributed by atoms with Crippen molar-refractivity contribution in [2.75, 3.05) is 50.3 Å². The molecule has 200 valence electrons. The minimum absolute atomic E-state index is 0.0454. The molecule has 0 atom stereocenters. The summed E-state index contributed by atoms with van der Waals surface area (Å²) in [6, 6.07) is 14.8. The number of para-hydroxylation sites is 1. The summed E-state index contributed by atoms with van der Waals surface area (Å²) in [7, 11) is 2.73. The second kappa shape index (κ2) is 13.6. The molecule has 0 aliphatic rings. The number of esters is 1. The van der Waals surface area contributed by atoms with Crippen LogP contribution in [0, 0.1) is 5.82 Å². The molecule has 3 aromatic carbocycles. The summed E-state index contributed by atoms with van der Waals surface area (Å²) in [5.41, 5.74) is 7.65. The van der Waals surface area contributed by atoms with Crippen LogP contribution >= 0.6 is 0 Å². The number of nitrogens with one attached hydrogen (secondary N) is 3. The van der Waals surface area contributed by atoms with Gasteiger partial charge in [0, 0.05) is 13.0 Å². The number of nitrogens with two attached hydrogens (primary N) is 1. The van der Waals surface area contributed by atoms with Gasteiger partial charge in [0.2, 0.25) is 0 Å². The summed E-state index contributed by atoms with van der Waals surface area (Å²) in [5.74, 6) is -0.323. The predicted octanol–water partition coefficient (Wildman–Crippen LogP) is 3.63. The monoisotopic (exact) mass is 524 g/mol. The van der Waals surface area contributed by atoms with Crippen LogP contribution in [0.15, 0.2) is 60.7 Å². The van der Waals surface area contributed by atoms with Crippen molar-refractivity contribution in [1.82, 2.24) is 5.32 Å². The van der Waals surface area contributed by atoms with Crippen LogP contribution in [0.5, 0.6) is 11.5 Å². The van der Waals surface area contributed by atoms with Crippen LogP contribution in [0.3, 0.4) is 0 Å². The summed E-state index contributed by atoms with van der Waals surface area (Å²) in [5, 5.41) is 8.06. The Bertz CT molecular complexity index is 1300. The van der Waals surface area contributed by atoms with Gasteiger partial charge in [-0.2, -0.15) is 0 Å². The quantitative estimate of drug-likeness (QED) is 0.160. The number of carbonyl (C=O) groups excluding carboxylic acids is 3. The Morgan fingerprint density at radius 2 is 1.68 bits per heavy atom. The molecule has 0 fully saturated rings. The molecule has 0 radical (unpaired) electrons. The zero-order chi connectivity index (χ0) is 27.5. The second-order valence-corrected chi connectivity index (χ2v) is 8.08. The molecular formula is C27H29FN4O6. The van der Waals surface area contributed by atoms with E-state index in [-0.39, 0.29) is 31.0 Å². The highest BCUT2D eigenvalue weighted by Gasteiger charge is 2.13. The number of urea groups is 1. The molecule has 0 aliphatic carbocycles. The van der Waals surface area contributed by atoms with Crippen molar-refractivity contribution in [2.24, 2.45) is 0 Å². The topological polar surface area (TPSA) is 141 Å². The highest BCUT2D eigenvalue weighted by atomic mass is 19.1. The lowest BCUT2D eigenvalue weighted by molar-refractivity contribution is -0.117. The molecule has 0 aromatic heterocycles. The van der Waals surface area contributed by atoms with E-state index in [1.165, 1.54) is 38.5 Å². The van der Waals surface area contributed by atoms with Gasteiger partial charge >= 0.3 is 12.0 Å². The minimum Gasteiger partial charge on any atom is -0.495 e. The molecule has 2 amide bonds. The maximum absolute atomic E-state index is 13.8. The Morgan fingerprint density at radius 1 is 0.921 bits per heavy atom. The number of Topliss-reactive ketones (excluding diaryl/α,β-unsaturated/α-hetero) is 1. The van der Waals surface area contributed by atoms with Gasteiger partial charge in [0.1, 0.15) is 23.9 Å². The van der Waals surface area contributed by atoms with Crippen LogP contribution in [-0.4, -0.2) is 51.7 Å². The number of benzene rings is 3. The molecule has 3 rings (SSSR count). The second-order valence-electron chi connectivity index (χ2n) is 8.08. The lowest BCUT2D eigenvalue weighted by Crippen LogP contribution is -2.28. The van der Waals surface area contributed by atoms with Gasteiger partial charge in [0.15, 0.2) is 5.78 Å². The van der Waals surface area contributed by atoms with Gasteiger partial charge in [-0.25, -0.2) is 14.0 Å². The third-order valence-electron chi connectivity index (χ3n) is 5.33. The summed E-state index contributed by atoms with van der Waals surface area (Å²) >= 11 is 0. The standard InChI is InChI=1S/C27H29FN4O6/c1-36-25-14-17(7-9-23(25)32-27(35)31-22-6-4-3-5-20(22)28)13-19(33)16-30-11-12-38-24-10-8-18(15-21(24)29)26(34)37-2/h3-10,14-15,30H,11-13,16,29H2,1-2H3,(H2,31,32,35). The van der Waals surface area contributed by atoms with E-state index >= 15 is 0 Å². The summed E-state index contributed by atoms with van der Waals surface area (Å²) < 4.78 is 29.3. The fourth-order valence-electron chi connectivity index (χ4n) is 3.46. The molecule has 10 nitrogen and oxygen atoms in total. The van der Waals surface area contributed by atoms with Crippen LogP contribution < -0.4 is 31.2 Å². The first-order chi connectivity index (χ1) is 18.3. The molecule has 0 bridgehead atoms. The zero-order valence-electron chi connectivity index (χ0n) is 21.0. The number of ketones is 1. The first kappa shape index (κ1) is 27.9. The average molecular weight is 525 g/mol.